The Morgan fingerprint density at radius 2 is 1.73 bits per heavy atom. The molecule has 3 aromatic rings. The third-order valence-corrected chi connectivity index (χ3v) is 3.98. The maximum atomic E-state index is 10.8. The van der Waals surface area contributed by atoms with Crippen molar-refractivity contribution in [1.29, 1.82) is 0 Å². The van der Waals surface area contributed by atoms with Crippen LogP contribution < -0.4 is 10.1 Å². The Balaban J connectivity index is 1.59. The lowest BCUT2D eigenvalue weighted by Gasteiger charge is -2.10. The largest absolute Gasteiger partial charge is 0.489 e. The van der Waals surface area contributed by atoms with E-state index in [9.17, 15) is 10.1 Å². The molecule has 0 bridgehead atoms. The van der Waals surface area contributed by atoms with Crippen LogP contribution in [0.2, 0.25) is 0 Å². The second-order valence-electron chi connectivity index (χ2n) is 6.08. The van der Waals surface area contributed by atoms with Crippen LogP contribution >= 0.6 is 0 Å². The van der Waals surface area contributed by atoms with E-state index < -0.39 is 4.92 Å². The number of nitrogens with one attached hydrogen (secondary N) is 1. The number of anilines is 1. The van der Waals surface area contributed by atoms with Crippen LogP contribution in [0, 0.1) is 17.0 Å². The van der Waals surface area contributed by atoms with Gasteiger partial charge in [0.15, 0.2) is 0 Å². The molecule has 132 valence electrons. The molecule has 26 heavy (non-hydrogen) atoms. The number of benzene rings is 3. The topological polar surface area (TPSA) is 64.4 Å². The van der Waals surface area contributed by atoms with Crippen LogP contribution in [0.15, 0.2) is 72.8 Å². The first-order valence-electron chi connectivity index (χ1n) is 8.36. The first kappa shape index (κ1) is 17.5. The SMILES string of the molecule is Cc1ccc(COc2cccc(CNc3cccc([N+](=O)[O-])c3)c2)cc1. The van der Waals surface area contributed by atoms with Crippen molar-refractivity contribution >= 4 is 11.4 Å². The van der Waals surface area contributed by atoms with E-state index in [-0.39, 0.29) is 5.69 Å². The minimum atomic E-state index is -0.398. The molecule has 0 aliphatic heterocycles. The zero-order chi connectivity index (χ0) is 18.4. The lowest BCUT2D eigenvalue weighted by molar-refractivity contribution is -0.384. The zero-order valence-corrected chi connectivity index (χ0v) is 14.5. The first-order valence-corrected chi connectivity index (χ1v) is 8.36. The predicted molar refractivity (Wildman–Crippen MR) is 102 cm³/mol. The Hall–Kier alpha value is -3.34. The molecule has 3 rings (SSSR count). The minimum absolute atomic E-state index is 0.0742. The van der Waals surface area contributed by atoms with Gasteiger partial charge in [-0.25, -0.2) is 0 Å². The molecule has 0 atom stereocenters. The van der Waals surface area contributed by atoms with Crippen LogP contribution in [-0.2, 0) is 13.2 Å². The Morgan fingerprint density at radius 3 is 2.50 bits per heavy atom. The fourth-order valence-electron chi connectivity index (χ4n) is 2.53. The summed E-state index contributed by atoms with van der Waals surface area (Å²) in [6.07, 6.45) is 0. The maximum Gasteiger partial charge on any atom is 0.271 e. The number of nitro groups is 1. The average molecular weight is 348 g/mol. The van der Waals surface area contributed by atoms with E-state index in [1.54, 1.807) is 6.07 Å². The van der Waals surface area contributed by atoms with Gasteiger partial charge in [-0.15, -0.1) is 0 Å². The molecule has 0 aliphatic carbocycles. The molecule has 0 heterocycles. The molecule has 0 aliphatic rings. The van der Waals surface area contributed by atoms with Crippen LogP contribution in [0.1, 0.15) is 16.7 Å². The van der Waals surface area contributed by atoms with E-state index >= 15 is 0 Å². The van der Waals surface area contributed by atoms with Gasteiger partial charge in [0.2, 0.25) is 0 Å². The summed E-state index contributed by atoms with van der Waals surface area (Å²) in [6.45, 7) is 3.13. The van der Waals surface area contributed by atoms with Gasteiger partial charge in [-0.1, -0.05) is 48.0 Å². The highest BCUT2D eigenvalue weighted by atomic mass is 16.6. The van der Waals surface area contributed by atoms with Crippen molar-refractivity contribution in [1.82, 2.24) is 0 Å². The molecule has 3 aromatic carbocycles. The Labute approximate surface area is 152 Å². The Kier molecular flexibility index (Phi) is 5.49. The number of ether oxygens (including phenoxy) is 1. The van der Waals surface area contributed by atoms with E-state index in [0.29, 0.717) is 18.8 Å². The van der Waals surface area contributed by atoms with E-state index in [4.69, 9.17) is 4.74 Å². The smallest absolute Gasteiger partial charge is 0.271 e. The van der Waals surface area contributed by atoms with Crippen molar-refractivity contribution in [2.75, 3.05) is 5.32 Å². The number of nitrogens with zero attached hydrogens (tertiary/aromatic N) is 1. The van der Waals surface area contributed by atoms with Gasteiger partial charge in [0, 0.05) is 24.4 Å². The number of hydrogen-bond acceptors (Lipinski definition) is 4. The highest BCUT2D eigenvalue weighted by Crippen LogP contribution is 2.19. The number of non-ortho nitro benzene ring substituents is 1. The molecule has 0 aromatic heterocycles. The lowest BCUT2D eigenvalue weighted by atomic mass is 10.1. The molecular weight excluding hydrogens is 328 g/mol. The molecule has 0 amide bonds. The number of aryl methyl sites for hydroxylation is 1. The third-order valence-electron chi connectivity index (χ3n) is 3.98. The average Bonchev–Trinajstić information content (AvgIpc) is 2.66. The summed E-state index contributed by atoms with van der Waals surface area (Å²) in [5.41, 5.74) is 4.17. The van der Waals surface area contributed by atoms with Crippen LogP contribution in [0.4, 0.5) is 11.4 Å². The van der Waals surface area contributed by atoms with Crippen LogP contribution in [0.3, 0.4) is 0 Å². The first-order chi connectivity index (χ1) is 12.6. The summed E-state index contributed by atoms with van der Waals surface area (Å²) in [6, 6.07) is 22.6. The summed E-state index contributed by atoms with van der Waals surface area (Å²) in [5.74, 6) is 0.795. The number of hydrogen-bond donors (Lipinski definition) is 1. The highest BCUT2D eigenvalue weighted by Gasteiger charge is 2.05. The Bertz CT molecular complexity index is 892. The molecular formula is C21H20N2O3. The standard InChI is InChI=1S/C21H20N2O3/c1-16-8-10-17(11-9-16)15-26-21-7-2-4-18(12-21)14-22-19-5-3-6-20(13-19)23(24)25/h2-13,22H,14-15H2,1H3. The number of nitro benzene ring substituents is 1. The summed E-state index contributed by atoms with van der Waals surface area (Å²) in [7, 11) is 0. The molecule has 0 radical (unpaired) electrons. The summed E-state index contributed by atoms with van der Waals surface area (Å²) < 4.78 is 5.86. The minimum Gasteiger partial charge on any atom is -0.489 e. The van der Waals surface area contributed by atoms with Gasteiger partial charge < -0.3 is 10.1 Å². The van der Waals surface area contributed by atoms with E-state index in [2.05, 4.69) is 36.5 Å². The van der Waals surface area contributed by atoms with Gasteiger partial charge in [-0.05, 0) is 36.2 Å². The van der Waals surface area contributed by atoms with E-state index in [1.165, 1.54) is 17.7 Å². The quantitative estimate of drug-likeness (QED) is 0.477. The van der Waals surface area contributed by atoms with Crippen LogP contribution in [0.5, 0.6) is 5.75 Å². The fraction of sp³-hybridized carbons (Fsp3) is 0.143. The maximum absolute atomic E-state index is 10.8. The second kappa shape index (κ2) is 8.16. The van der Waals surface area contributed by atoms with E-state index in [1.807, 2.05) is 30.3 Å². The van der Waals surface area contributed by atoms with Gasteiger partial charge in [0.1, 0.15) is 12.4 Å². The van der Waals surface area contributed by atoms with Crippen molar-refractivity contribution in [3.63, 3.8) is 0 Å². The van der Waals surface area contributed by atoms with Crippen molar-refractivity contribution in [3.05, 3.63) is 99.6 Å². The fourth-order valence-corrected chi connectivity index (χ4v) is 2.53. The second-order valence-corrected chi connectivity index (χ2v) is 6.08. The highest BCUT2D eigenvalue weighted by molar-refractivity contribution is 5.51. The molecule has 0 fully saturated rings. The summed E-state index contributed by atoms with van der Waals surface area (Å²) >= 11 is 0. The molecule has 1 N–H and O–H groups in total. The Morgan fingerprint density at radius 1 is 0.962 bits per heavy atom. The van der Waals surface area contributed by atoms with Crippen LogP contribution in [0.25, 0.3) is 0 Å². The molecule has 0 unspecified atom stereocenters. The van der Waals surface area contributed by atoms with Crippen molar-refractivity contribution in [3.8, 4) is 5.75 Å². The van der Waals surface area contributed by atoms with Gasteiger partial charge >= 0.3 is 0 Å². The molecule has 0 spiro atoms. The van der Waals surface area contributed by atoms with Gasteiger partial charge in [-0.3, -0.25) is 10.1 Å². The molecule has 0 saturated carbocycles. The lowest BCUT2D eigenvalue weighted by Crippen LogP contribution is -2.01. The zero-order valence-electron chi connectivity index (χ0n) is 14.5. The van der Waals surface area contributed by atoms with Gasteiger partial charge in [0.25, 0.3) is 5.69 Å². The third kappa shape index (κ3) is 4.83. The van der Waals surface area contributed by atoms with Gasteiger partial charge in [-0.2, -0.15) is 0 Å². The van der Waals surface area contributed by atoms with Crippen molar-refractivity contribution in [2.45, 2.75) is 20.1 Å². The van der Waals surface area contributed by atoms with Crippen molar-refractivity contribution in [2.24, 2.45) is 0 Å². The van der Waals surface area contributed by atoms with E-state index in [0.717, 1.165) is 16.9 Å². The molecule has 0 saturated heterocycles. The number of rotatable bonds is 7. The predicted octanol–water partition coefficient (Wildman–Crippen LogP) is 5.09. The summed E-state index contributed by atoms with van der Waals surface area (Å²) in [5, 5.41) is 14.0. The summed E-state index contributed by atoms with van der Waals surface area (Å²) in [4.78, 5) is 10.4. The monoisotopic (exact) mass is 348 g/mol. The van der Waals surface area contributed by atoms with Gasteiger partial charge in [0.05, 0.1) is 4.92 Å². The molecule has 5 nitrogen and oxygen atoms in total. The normalized spacial score (nSPS) is 10.3. The molecule has 5 heteroatoms. The van der Waals surface area contributed by atoms with Crippen LogP contribution in [-0.4, -0.2) is 4.92 Å². The van der Waals surface area contributed by atoms with Crippen molar-refractivity contribution < 1.29 is 9.66 Å².